The van der Waals surface area contributed by atoms with Gasteiger partial charge in [0.2, 0.25) is 0 Å². The van der Waals surface area contributed by atoms with Crippen molar-refractivity contribution < 1.29 is 10.4 Å². The van der Waals surface area contributed by atoms with Gasteiger partial charge in [0.1, 0.15) is 11.7 Å². The fourth-order valence-electron chi connectivity index (χ4n) is 6.76. The molecule has 0 spiro atoms. The molecule has 240 valence electrons. The number of hydrogen-bond donors (Lipinski definition) is 4. The van der Waals surface area contributed by atoms with Gasteiger partial charge in [0.05, 0.1) is 11.4 Å². The van der Waals surface area contributed by atoms with Gasteiger partial charge in [0.25, 0.3) is 0 Å². The maximum atomic E-state index is 9.39. The fourth-order valence-corrected chi connectivity index (χ4v) is 7.13. The van der Waals surface area contributed by atoms with Crippen molar-refractivity contribution in [2.45, 2.75) is 63.2 Å². The minimum Gasteiger partial charge on any atom is -0.290 e. The Balaban J connectivity index is 0.000000181. The highest BCUT2D eigenvalue weighted by Crippen LogP contribution is 2.41. The molecule has 2 aliphatic rings. The molecule has 0 amide bonds. The van der Waals surface area contributed by atoms with E-state index < -0.39 is 0 Å². The first-order valence-corrected chi connectivity index (χ1v) is 16.8. The number of benzene rings is 4. The third-order valence-electron chi connectivity index (χ3n) is 8.99. The van der Waals surface area contributed by atoms with E-state index in [0.717, 1.165) is 49.9 Å². The van der Waals surface area contributed by atoms with Crippen molar-refractivity contribution in [1.29, 1.82) is 0 Å². The van der Waals surface area contributed by atoms with E-state index in [-0.39, 0.29) is 0 Å². The van der Waals surface area contributed by atoms with Crippen LogP contribution in [0, 0.1) is 11.8 Å². The van der Waals surface area contributed by atoms with Gasteiger partial charge in [0.15, 0.2) is 0 Å². The summed E-state index contributed by atoms with van der Waals surface area (Å²) < 4.78 is 0. The van der Waals surface area contributed by atoms with Crippen LogP contribution >= 0.6 is 23.2 Å². The molecule has 0 aromatic heterocycles. The highest BCUT2D eigenvalue weighted by Gasteiger charge is 2.28. The predicted octanol–water partition coefficient (Wildman–Crippen LogP) is 10.6. The molecular weight excluding hydrogens is 615 g/mol. The molecule has 4 N–H and O–H groups in total. The summed E-state index contributed by atoms with van der Waals surface area (Å²) in [4.78, 5) is 8.94. The van der Waals surface area contributed by atoms with Crippen molar-refractivity contribution in [2.24, 2.45) is 21.8 Å². The van der Waals surface area contributed by atoms with E-state index in [1.54, 1.807) is 12.1 Å². The lowest BCUT2D eigenvalue weighted by atomic mass is 9.95. The largest absolute Gasteiger partial charge is 0.290 e. The highest BCUT2D eigenvalue weighted by molar-refractivity contribution is 6.31. The molecule has 4 aromatic carbocycles. The lowest BCUT2D eigenvalue weighted by Crippen LogP contribution is -2.21. The van der Waals surface area contributed by atoms with Gasteiger partial charge in [-0.3, -0.25) is 21.4 Å². The zero-order valence-corrected chi connectivity index (χ0v) is 27.4. The van der Waals surface area contributed by atoms with Gasteiger partial charge in [-0.15, -0.1) is 0 Å². The summed E-state index contributed by atoms with van der Waals surface area (Å²) in [5.74, 6) is 3.52. The first-order chi connectivity index (χ1) is 22.5. The third-order valence-corrected chi connectivity index (χ3v) is 9.46. The van der Waals surface area contributed by atoms with E-state index in [1.165, 1.54) is 24.0 Å². The molecule has 6 rings (SSSR count). The Bertz CT molecular complexity index is 1460. The Morgan fingerprint density at radius 2 is 0.978 bits per heavy atom. The zero-order valence-electron chi connectivity index (χ0n) is 25.9. The van der Waals surface area contributed by atoms with Gasteiger partial charge >= 0.3 is 0 Å². The average Bonchev–Trinajstić information content (AvgIpc) is 3.75. The smallest absolute Gasteiger partial charge is 0.126 e. The summed E-state index contributed by atoms with van der Waals surface area (Å²) in [5, 5.41) is 20.1. The second kappa shape index (κ2) is 17.3. The molecule has 4 atom stereocenters. The van der Waals surface area contributed by atoms with Gasteiger partial charge in [0, 0.05) is 22.9 Å². The Labute approximate surface area is 282 Å². The Morgan fingerprint density at radius 3 is 1.35 bits per heavy atom. The summed E-state index contributed by atoms with van der Waals surface area (Å²) in [6.07, 6.45) is 8.51. The molecule has 2 saturated carbocycles. The lowest BCUT2D eigenvalue weighted by molar-refractivity contribution is 0.229. The molecule has 2 unspecified atom stereocenters. The lowest BCUT2D eigenvalue weighted by Gasteiger charge is -2.13. The SMILES string of the molecule is ONC(C[C@@H]1CCC(c2ccccc2)C1)=Nc1cccc(Cl)c1.ONC(C[C@@H]1CCC(c2ccccc2)C1)=Nc1cccc(Cl)c1. The number of rotatable bonds is 8. The first-order valence-electron chi connectivity index (χ1n) is 16.1. The maximum Gasteiger partial charge on any atom is 0.126 e. The minimum absolute atomic E-state index is 0.540. The van der Waals surface area contributed by atoms with Gasteiger partial charge in [-0.2, -0.15) is 0 Å². The number of halogens is 2. The predicted molar refractivity (Wildman–Crippen MR) is 189 cm³/mol. The van der Waals surface area contributed by atoms with Gasteiger partial charge in [-0.1, -0.05) is 96.0 Å². The molecule has 0 heterocycles. The molecule has 6 nitrogen and oxygen atoms in total. The molecule has 8 heteroatoms. The van der Waals surface area contributed by atoms with Gasteiger partial charge < -0.3 is 0 Å². The quantitative estimate of drug-likeness (QED) is 0.0863. The third kappa shape index (κ3) is 10.2. The van der Waals surface area contributed by atoms with Crippen LogP contribution in [-0.2, 0) is 0 Å². The maximum absolute atomic E-state index is 9.39. The van der Waals surface area contributed by atoms with E-state index in [1.807, 2.05) is 36.4 Å². The molecule has 2 fully saturated rings. The van der Waals surface area contributed by atoms with E-state index >= 15 is 0 Å². The van der Waals surface area contributed by atoms with Crippen LogP contribution in [0.1, 0.15) is 74.3 Å². The Morgan fingerprint density at radius 1 is 0.565 bits per heavy atom. The van der Waals surface area contributed by atoms with Crippen LogP contribution in [0.4, 0.5) is 11.4 Å². The molecule has 46 heavy (non-hydrogen) atoms. The molecular formula is C38H42Cl2N4O2. The number of hydrogen-bond acceptors (Lipinski definition) is 4. The second-order valence-corrected chi connectivity index (χ2v) is 13.2. The number of nitrogens with one attached hydrogen (secondary N) is 2. The van der Waals surface area contributed by atoms with E-state index in [0.29, 0.717) is 45.4 Å². The molecule has 0 bridgehead atoms. The summed E-state index contributed by atoms with van der Waals surface area (Å²) in [6, 6.07) is 36.0. The van der Waals surface area contributed by atoms with Crippen LogP contribution < -0.4 is 11.0 Å². The minimum atomic E-state index is 0.540. The average molecular weight is 658 g/mol. The molecule has 0 aliphatic heterocycles. The summed E-state index contributed by atoms with van der Waals surface area (Å²) in [6.45, 7) is 0. The van der Waals surface area contributed by atoms with Crippen LogP contribution in [0.25, 0.3) is 0 Å². The second-order valence-electron chi connectivity index (χ2n) is 12.3. The van der Waals surface area contributed by atoms with Crippen LogP contribution in [-0.4, -0.2) is 22.1 Å². The van der Waals surface area contributed by atoms with Crippen LogP contribution in [0.15, 0.2) is 119 Å². The van der Waals surface area contributed by atoms with Crippen molar-refractivity contribution in [1.82, 2.24) is 11.0 Å². The molecule has 0 saturated heterocycles. The topological polar surface area (TPSA) is 89.2 Å². The highest BCUT2D eigenvalue weighted by atomic mass is 35.5. The normalized spacial score (nSPS) is 21.4. The number of nitrogens with zero attached hydrogens (tertiary/aromatic N) is 2. The molecule has 2 aliphatic carbocycles. The van der Waals surface area contributed by atoms with Crippen molar-refractivity contribution >= 4 is 46.2 Å². The van der Waals surface area contributed by atoms with Crippen LogP contribution in [0.3, 0.4) is 0 Å². The molecule has 4 aromatic rings. The summed E-state index contributed by atoms with van der Waals surface area (Å²) in [5.41, 5.74) is 8.86. The number of amidine groups is 2. The summed E-state index contributed by atoms with van der Waals surface area (Å²) in [7, 11) is 0. The van der Waals surface area contributed by atoms with Gasteiger partial charge in [-0.25, -0.2) is 9.98 Å². The van der Waals surface area contributed by atoms with Crippen LogP contribution in [0.2, 0.25) is 10.0 Å². The van der Waals surface area contributed by atoms with Gasteiger partial charge in [-0.05, 0) is 110 Å². The monoisotopic (exact) mass is 656 g/mol. The Hall–Kier alpha value is -3.68. The zero-order chi connectivity index (χ0) is 32.1. The van der Waals surface area contributed by atoms with E-state index in [4.69, 9.17) is 23.2 Å². The Kier molecular flexibility index (Phi) is 12.7. The van der Waals surface area contributed by atoms with Crippen molar-refractivity contribution in [2.75, 3.05) is 0 Å². The van der Waals surface area contributed by atoms with E-state index in [2.05, 4.69) is 81.6 Å². The van der Waals surface area contributed by atoms with Crippen molar-refractivity contribution in [3.8, 4) is 0 Å². The van der Waals surface area contributed by atoms with Crippen molar-refractivity contribution in [3.05, 3.63) is 130 Å². The number of hydroxylamine groups is 2. The summed E-state index contributed by atoms with van der Waals surface area (Å²) >= 11 is 12.0. The molecule has 0 radical (unpaired) electrons. The van der Waals surface area contributed by atoms with Crippen LogP contribution in [0.5, 0.6) is 0 Å². The standard InChI is InChI=1S/2C19H21ClN2O/c2*20-17-7-4-8-18(13-17)21-19(22-23)12-14-9-10-16(11-14)15-5-2-1-3-6-15/h2*1-8,13-14,16,23H,9-12H2,(H,21,22)/t2*14-,16?/m11/s1. The van der Waals surface area contributed by atoms with E-state index in [9.17, 15) is 10.4 Å². The van der Waals surface area contributed by atoms with Crippen molar-refractivity contribution in [3.63, 3.8) is 0 Å². The fraction of sp³-hybridized carbons (Fsp3) is 0.316. The first kappa shape index (κ1) is 33.7. The number of aliphatic imine (C=N–C) groups is 2.